The molecular weight excluding hydrogens is 162 g/mol. The third-order valence-electron chi connectivity index (χ3n) is 1.36. The zero-order valence-electron chi connectivity index (χ0n) is 8.37. The topological polar surface area (TPSA) is 22.1 Å². The molecule has 70 valence electrons. The number of nitrogens with zero attached hydrogens (tertiary/aromatic N) is 1. The molecule has 0 aliphatic heterocycles. The van der Waals surface area contributed by atoms with Crippen molar-refractivity contribution in [2.45, 2.75) is 26.4 Å². The first-order chi connectivity index (χ1) is 6.01. The van der Waals surface area contributed by atoms with Crippen LogP contribution in [0, 0.1) is 0 Å². The van der Waals surface area contributed by atoms with Gasteiger partial charge in [0.2, 0.25) is 5.88 Å². The van der Waals surface area contributed by atoms with Gasteiger partial charge >= 0.3 is 0 Å². The molecule has 0 amide bonds. The maximum atomic E-state index is 5.59. The van der Waals surface area contributed by atoms with Gasteiger partial charge in [-0.1, -0.05) is 12.6 Å². The highest BCUT2D eigenvalue weighted by molar-refractivity contribution is 5.42. The van der Waals surface area contributed by atoms with E-state index in [1.165, 1.54) is 0 Å². The first kappa shape index (κ1) is 9.78. The number of rotatable bonds is 2. The zero-order chi connectivity index (χ0) is 9.90. The number of hydrogen-bond donors (Lipinski definition) is 0. The van der Waals surface area contributed by atoms with E-state index in [2.05, 4.69) is 11.6 Å². The number of pyridine rings is 1. The van der Waals surface area contributed by atoms with Crippen molar-refractivity contribution < 1.29 is 4.74 Å². The zero-order valence-corrected chi connectivity index (χ0v) is 8.37. The van der Waals surface area contributed by atoms with Crippen molar-refractivity contribution in [3.05, 3.63) is 30.5 Å². The summed E-state index contributed by atoms with van der Waals surface area (Å²) in [6, 6.07) is 5.64. The lowest BCUT2D eigenvalue weighted by Gasteiger charge is -2.20. The fourth-order valence-electron chi connectivity index (χ4n) is 0.915. The minimum absolute atomic E-state index is 0.202. The molecule has 0 atom stereocenters. The van der Waals surface area contributed by atoms with Crippen LogP contribution in [0.1, 0.15) is 26.5 Å². The van der Waals surface area contributed by atoms with E-state index in [4.69, 9.17) is 4.74 Å². The first-order valence-corrected chi connectivity index (χ1v) is 4.30. The van der Waals surface area contributed by atoms with Crippen molar-refractivity contribution >= 4 is 6.08 Å². The highest BCUT2D eigenvalue weighted by Crippen LogP contribution is 2.15. The van der Waals surface area contributed by atoms with Crippen molar-refractivity contribution in [1.29, 1.82) is 0 Å². The van der Waals surface area contributed by atoms with Gasteiger partial charge in [-0.25, -0.2) is 4.98 Å². The van der Waals surface area contributed by atoms with Crippen LogP contribution in [-0.4, -0.2) is 10.6 Å². The predicted molar refractivity (Wildman–Crippen MR) is 54.7 cm³/mol. The van der Waals surface area contributed by atoms with Crippen molar-refractivity contribution in [1.82, 2.24) is 4.98 Å². The van der Waals surface area contributed by atoms with Gasteiger partial charge in [0.25, 0.3) is 0 Å². The van der Waals surface area contributed by atoms with E-state index in [0.29, 0.717) is 5.88 Å². The summed E-state index contributed by atoms with van der Waals surface area (Å²) in [4.78, 5) is 4.24. The molecule has 1 aromatic heterocycles. The van der Waals surface area contributed by atoms with E-state index in [0.717, 1.165) is 5.69 Å². The monoisotopic (exact) mass is 177 g/mol. The molecule has 1 heterocycles. The Morgan fingerprint density at radius 3 is 2.62 bits per heavy atom. The van der Waals surface area contributed by atoms with Crippen LogP contribution in [0.4, 0.5) is 0 Å². The molecule has 0 saturated heterocycles. The molecule has 0 aliphatic rings. The highest BCUT2D eigenvalue weighted by atomic mass is 16.5. The number of hydrogen-bond acceptors (Lipinski definition) is 2. The Labute approximate surface area is 79.3 Å². The summed E-state index contributed by atoms with van der Waals surface area (Å²) in [5.41, 5.74) is 0.633. The molecule has 0 radical (unpaired) electrons. The quantitative estimate of drug-likeness (QED) is 0.693. The van der Waals surface area contributed by atoms with Crippen LogP contribution in [0.25, 0.3) is 6.08 Å². The second-order valence-corrected chi connectivity index (χ2v) is 3.82. The molecule has 1 rings (SSSR count). The average Bonchev–Trinajstić information content (AvgIpc) is 2.01. The number of ether oxygens (including phenoxy) is 1. The highest BCUT2D eigenvalue weighted by Gasteiger charge is 2.12. The standard InChI is InChI=1S/C11H15NO/c1-5-9-7-6-8-10(12-9)13-11(2,3)4/h5-8H,1H2,2-4H3. The fraction of sp³-hybridized carbons (Fsp3) is 0.364. The van der Waals surface area contributed by atoms with Gasteiger partial charge in [-0.05, 0) is 32.9 Å². The van der Waals surface area contributed by atoms with Crippen LogP contribution in [0.5, 0.6) is 5.88 Å². The molecule has 0 saturated carbocycles. The minimum atomic E-state index is -0.202. The predicted octanol–water partition coefficient (Wildman–Crippen LogP) is 2.90. The Morgan fingerprint density at radius 1 is 1.38 bits per heavy atom. The molecule has 0 spiro atoms. The van der Waals surface area contributed by atoms with Crippen LogP contribution in [0.15, 0.2) is 24.8 Å². The molecule has 2 nitrogen and oxygen atoms in total. The van der Waals surface area contributed by atoms with Crippen LogP contribution in [0.2, 0.25) is 0 Å². The van der Waals surface area contributed by atoms with Crippen LogP contribution >= 0.6 is 0 Å². The Bertz CT molecular complexity index is 299. The lowest BCUT2D eigenvalue weighted by atomic mass is 10.2. The summed E-state index contributed by atoms with van der Waals surface area (Å²) >= 11 is 0. The van der Waals surface area contributed by atoms with E-state index in [1.54, 1.807) is 6.08 Å². The van der Waals surface area contributed by atoms with Gasteiger partial charge in [-0.15, -0.1) is 0 Å². The van der Waals surface area contributed by atoms with Gasteiger partial charge in [0, 0.05) is 6.07 Å². The normalized spacial score (nSPS) is 11.0. The molecule has 0 bridgehead atoms. The van der Waals surface area contributed by atoms with Gasteiger partial charge in [-0.3, -0.25) is 0 Å². The van der Waals surface area contributed by atoms with Gasteiger partial charge in [0.15, 0.2) is 0 Å². The molecule has 0 aromatic carbocycles. The molecule has 0 aliphatic carbocycles. The summed E-state index contributed by atoms with van der Waals surface area (Å²) in [7, 11) is 0. The van der Waals surface area contributed by atoms with Gasteiger partial charge in [-0.2, -0.15) is 0 Å². The van der Waals surface area contributed by atoms with Crippen molar-refractivity contribution in [2.75, 3.05) is 0 Å². The van der Waals surface area contributed by atoms with Gasteiger partial charge in [0.05, 0.1) is 5.69 Å². The van der Waals surface area contributed by atoms with Gasteiger partial charge in [0.1, 0.15) is 5.60 Å². The first-order valence-electron chi connectivity index (χ1n) is 4.30. The lowest BCUT2D eigenvalue weighted by molar-refractivity contribution is 0.124. The molecule has 0 unspecified atom stereocenters. The van der Waals surface area contributed by atoms with Crippen LogP contribution in [-0.2, 0) is 0 Å². The van der Waals surface area contributed by atoms with E-state index in [1.807, 2.05) is 39.0 Å². The molecule has 13 heavy (non-hydrogen) atoms. The van der Waals surface area contributed by atoms with E-state index < -0.39 is 0 Å². The molecule has 1 aromatic rings. The summed E-state index contributed by atoms with van der Waals surface area (Å²) in [5.74, 6) is 0.643. The number of aromatic nitrogens is 1. The maximum Gasteiger partial charge on any atom is 0.214 e. The molecule has 0 N–H and O–H groups in total. The SMILES string of the molecule is C=Cc1cccc(OC(C)(C)C)n1. The fourth-order valence-corrected chi connectivity index (χ4v) is 0.915. The summed E-state index contributed by atoms with van der Waals surface area (Å²) in [6.07, 6.45) is 1.70. The minimum Gasteiger partial charge on any atom is -0.472 e. The van der Waals surface area contributed by atoms with Crippen LogP contribution < -0.4 is 4.74 Å². The second kappa shape index (κ2) is 3.60. The summed E-state index contributed by atoms with van der Waals surface area (Å²) in [6.45, 7) is 9.64. The maximum absolute atomic E-state index is 5.59. The van der Waals surface area contributed by atoms with Gasteiger partial charge < -0.3 is 4.74 Å². The van der Waals surface area contributed by atoms with Crippen molar-refractivity contribution in [2.24, 2.45) is 0 Å². The second-order valence-electron chi connectivity index (χ2n) is 3.82. The van der Waals surface area contributed by atoms with E-state index in [9.17, 15) is 0 Å². The van der Waals surface area contributed by atoms with Crippen molar-refractivity contribution in [3.63, 3.8) is 0 Å². The average molecular weight is 177 g/mol. The largest absolute Gasteiger partial charge is 0.472 e. The Balaban J connectivity index is 2.84. The lowest BCUT2D eigenvalue weighted by Crippen LogP contribution is -2.23. The smallest absolute Gasteiger partial charge is 0.214 e. The summed E-state index contributed by atoms with van der Waals surface area (Å²) in [5, 5.41) is 0. The van der Waals surface area contributed by atoms with E-state index in [-0.39, 0.29) is 5.60 Å². The Hall–Kier alpha value is -1.31. The Kier molecular flexibility index (Phi) is 2.71. The third kappa shape index (κ3) is 3.28. The molecule has 0 fully saturated rings. The molecule has 2 heteroatoms. The summed E-state index contributed by atoms with van der Waals surface area (Å²) < 4.78 is 5.59. The van der Waals surface area contributed by atoms with Crippen molar-refractivity contribution in [3.8, 4) is 5.88 Å². The molecular formula is C11H15NO. The third-order valence-corrected chi connectivity index (χ3v) is 1.36. The van der Waals surface area contributed by atoms with E-state index >= 15 is 0 Å². The van der Waals surface area contributed by atoms with Crippen LogP contribution in [0.3, 0.4) is 0 Å². The Morgan fingerprint density at radius 2 is 2.08 bits per heavy atom.